The van der Waals surface area contributed by atoms with E-state index in [9.17, 15) is 0 Å². The van der Waals surface area contributed by atoms with E-state index >= 15 is 0 Å². The number of benzene rings is 3. The summed E-state index contributed by atoms with van der Waals surface area (Å²) in [4.78, 5) is 0. The first-order valence-corrected chi connectivity index (χ1v) is 9.51. The molecule has 0 saturated heterocycles. The lowest BCUT2D eigenvalue weighted by atomic mass is 10.0. The number of hydrogen-bond acceptors (Lipinski definition) is 1. The second-order valence-electron chi connectivity index (χ2n) is 6.30. The highest BCUT2D eigenvalue weighted by Crippen LogP contribution is 2.33. The molecule has 0 N–H and O–H groups in total. The fourth-order valence-corrected chi connectivity index (χ4v) is 3.17. The summed E-state index contributed by atoms with van der Waals surface area (Å²) in [5.74, 6) is 0. The summed E-state index contributed by atoms with van der Waals surface area (Å²) in [6, 6.07) is 29.4. The molecule has 0 aliphatic carbocycles. The normalized spacial score (nSPS) is 10.2. The molecule has 27 heavy (non-hydrogen) atoms. The maximum atomic E-state index is 4.97. The highest BCUT2D eigenvalue weighted by Gasteiger charge is 2.18. The summed E-state index contributed by atoms with van der Waals surface area (Å²) < 4.78 is 2.06. The summed E-state index contributed by atoms with van der Waals surface area (Å²) in [5, 5.41) is 4.97. The lowest BCUT2D eigenvalue weighted by Gasteiger charge is -2.09. The van der Waals surface area contributed by atoms with Crippen molar-refractivity contribution in [2.24, 2.45) is 0 Å². The van der Waals surface area contributed by atoms with E-state index in [0.29, 0.717) is 0 Å². The van der Waals surface area contributed by atoms with Crippen molar-refractivity contribution in [3.05, 3.63) is 96.1 Å². The van der Waals surface area contributed by atoms with E-state index in [1.54, 1.807) is 0 Å². The van der Waals surface area contributed by atoms with Gasteiger partial charge in [-0.25, -0.2) is 4.68 Å². The Morgan fingerprint density at radius 3 is 1.70 bits per heavy atom. The molecule has 4 aromatic rings. The third kappa shape index (κ3) is 3.85. The van der Waals surface area contributed by atoms with Crippen molar-refractivity contribution in [2.75, 3.05) is 0 Å². The van der Waals surface area contributed by atoms with Crippen LogP contribution < -0.4 is 0 Å². The molecule has 0 bridgehead atoms. The molecule has 0 atom stereocenters. The zero-order valence-electron chi connectivity index (χ0n) is 16.5. The molecule has 136 valence electrons. The molecule has 0 fully saturated rings. The van der Waals surface area contributed by atoms with Gasteiger partial charge in [0.05, 0.1) is 17.1 Å². The molecule has 0 unspecified atom stereocenters. The smallest absolute Gasteiger partial charge is 0.0963 e. The van der Waals surface area contributed by atoms with Gasteiger partial charge in [-0.2, -0.15) is 5.10 Å². The van der Waals surface area contributed by atoms with Crippen LogP contribution >= 0.6 is 0 Å². The summed E-state index contributed by atoms with van der Waals surface area (Å²) >= 11 is 0. The van der Waals surface area contributed by atoms with Gasteiger partial charge in [0.25, 0.3) is 0 Å². The quantitative estimate of drug-likeness (QED) is 0.393. The van der Waals surface area contributed by atoms with E-state index in [1.165, 1.54) is 16.7 Å². The summed E-state index contributed by atoms with van der Waals surface area (Å²) in [6.07, 6.45) is 0. The van der Waals surface area contributed by atoms with Crippen LogP contribution in [0.3, 0.4) is 0 Å². The maximum absolute atomic E-state index is 4.97. The summed E-state index contributed by atoms with van der Waals surface area (Å²) in [7, 11) is 0. The molecule has 3 aromatic carbocycles. The largest absolute Gasteiger partial charge is 0.232 e. The molecule has 0 spiro atoms. The Balaban J connectivity index is 0.00000102. The van der Waals surface area contributed by atoms with Crippen molar-refractivity contribution >= 4 is 0 Å². The molecule has 2 nitrogen and oxygen atoms in total. The van der Waals surface area contributed by atoms with Crippen LogP contribution in [0.1, 0.15) is 25.0 Å². The Kier molecular flexibility index (Phi) is 5.87. The molecule has 0 aliphatic rings. The van der Waals surface area contributed by atoms with Crippen LogP contribution in [0.5, 0.6) is 0 Å². The van der Waals surface area contributed by atoms with Crippen LogP contribution in [-0.2, 0) is 0 Å². The van der Waals surface area contributed by atoms with Crippen LogP contribution in [0.25, 0.3) is 28.2 Å². The van der Waals surface area contributed by atoms with Crippen LogP contribution in [0.2, 0.25) is 0 Å². The predicted octanol–water partition coefficient (Wildman–Crippen LogP) is 6.85. The lowest BCUT2D eigenvalue weighted by Crippen LogP contribution is -1.99. The van der Waals surface area contributed by atoms with Gasteiger partial charge in [0, 0.05) is 16.7 Å². The highest BCUT2D eigenvalue weighted by atomic mass is 15.3. The van der Waals surface area contributed by atoms with Gasteiger partial charge in [0.2, 0.25) is 0 Å². The number of hydrogen-bond donors (Lipinski definition) is 0. The number of rotatable bonds is 3. The second kappa shape index (κ2) is 8.50. The third-order valence-electron chi connectivity index (χ3n) is 4.50. The minimum atomic E-state index is 1.03. The summed E-state index contributed by atoms with van der Waals surface area (Å²) in [5.41, 5.74) is 8.01. The molecule has 4 rings (SSSR count). The van der Waals surface area contributed by atoms with Crippen LogP contribution in [0.15, 0.2) is 84.9 Å². The first-order chi connectivity index (χ1) is 13.2. The van der Waals surface area contributed by atoms with Crippen molar-refractivity contribution in [1.82, 2.24) is 9.78 Å². The van der Waals surface area contributed by atoms with Crippen molar-refractivity contribution < 1.29 is 0 Å². The fourth-order valence-electron chi connectivity index (χ4n) is 3.17. The molecule has 0 saturated carbocycles. The Labute approximate surface area is 162 Å². The van der Waals surface area contributed by atoms with E-state index in [4.69, 9.17) is 5.10 Å². The minimum absolute atomic E-state index is 1.03. The Hall–Kier alpha value is -3.13. The molecule has 1 heterocycles. The van der Waals surface area contributed by atoms with E-state index in [1.807, 2.05) is 26.0 Å². The molecule has 2 heteroatoms. The molecule has 1 aromatic heterocycles. The molecular weight excluding hydrogens is 328 g/mol. The SMILES string of the molecule is CC.Cc1ccc(-n2nc(-c3ccccc3)c(C)c2-c2ccccc2)cc1. The van der Waals surface area contributed by atoms with Gasteiger partial charge in [0.1, 0.15) is 0 Å². The van der Waals surface area contributed by atoms with Crippen LogP contribution in [0, 0.1) is 13.8 Å². The van der Waals surface area contributed by atoms with Crippen molar-refractivity contribution in [1.29, 1.82) is 0 Å². The lowest BCUT2D eigenvalue weighted by molar-refractivity contribution is 0.891. The first kappa shape index (κ1) is 18.7. The van der Waals surface area contributed by atoms with Gasteiger partial charge in [0.15, 0.2) is 0 Å². The standard InChI is InChI=1S/C23H20N2.C2H6/c1-17-13-15-21(16-14-17)25-23(20-11-7-4-8-12-20)18(2)22(24-25)19-9-5-3-6-10-19;1-2/h3-16H,1-2H3;1-2H3. The topological polar surface area (TPSA) is 17.8 Å². The third-order valence-corrected chi connectivity index (χ3v) is 4.50. The van der Waals surface area contributed by atoms with Crippen molar-refractivity contribution in [2.45, 2.75) is 27.7 Å². The number of nitrogens with zero attached hydrogens (tertiary/aromatic N) is 2. The first-order valence-electron chi connectivity index (χ1n) is 9.51. The van der Waals surface area contributed by atoms with E-state index in [-0.39, 0.29) is 0 Å². The predicted molar refractivity (Wildman–Crippen MR) is 115 cm³/mol. The fraction of sp³-hybridized carbons (Fsp3) is 0.160. The van der Waals surface area contributed by atoms with Gasteiger partial charge < -0.3 is 0 Å². The average molecular weight is 354 g/mol. The monoisotopic (exact) mass is 354 g/mol. The van der Waals surface area contributed by atoms with Crippen LogP contribution in [0.4, 0.5) is 0 Å². The Morgan fingerprint density at radius 1 is 0.630 bits per heavy atom. The van der Waals surface area contributed by atoms with Crippen molar-refractivity contribution in [3.63, 3.8) is 0 Å². The van der Waals surface area contributed by atoms with Gasteiger partial charge in [-0.15, -0.1) is 0 Å². The van der Waals surface area contributed by atoms with E-state index in [0.717, 1.165) is 22.6 Å². The van der Waals surface area contributed by atoms with Crippen LogP contribution in [-0.4, -0.2) is 9.78 Å². The van der Waals surface area contributed by atoms with Gasteiger partial charge in [-0.3, -0.25) is 0 Å². The van der Waals surface area contributed by atoms with Gasteiger partial charge in [-0.05, 0) is 26.0 Å². The molecule has 0 amide bonds. The zero-order valence-corrected chi connectivity index (χ0v) is 16.5. The minimum Gasteiger partial charge on any atom is -0.232 e. The Morgan fingerprint density at radius 2 is 1.15 bits per heavy atom. The zero-order chi connectivity index (χ0) is 19.2. The van der Waals surface area contributed by atoms with Gasteiger partial charge >= 0.3 is 0 Å². The van der Waals surface area contributed by atoms with E-state index in [2.05, 4.69) is 91.3 Å². The van der Waals surface area contributed by atoms with Gasteiger partial charge in [-0.1, -0.05) is 92.2 Å². The number of aromatic nitrogens is 2. The highest BCUT2D eigenvalue weighted by molar-refractivity contribution is 5.75. The maximum Gasteiger partial charge on any atom is 0.0963 e. The van der Waals surface area contributed by atoms with Crippen molar-refractivity contribution in [3.8, 4) is 28.2 Å². The van der Waals surface area contributed by atoms with E-state index < -0.39 is 0 Å². The molecule has 0 aliphatic heterocycles. The molecular formula is C25H26N2. The Bertz CT molecular complexity index is 982. The average Bonchev–Trinajstić information content (AvgIpc) is 3.08. The summed E-state index contributed by atoms with van der Waals surface area (Å²) in [6.45, 7) is 8.26. The number of aryl methyl sites for hydroxylation is 1. The molecule has 0 radical (unpaired) electrons. The second-order valence-corrected chi connectivity index (χ2v) is 6.30.